The zero-order valence-corrected chi connectivity index (χ0v) is 20.3. The van der Waals surface area contributed by atoms with Crippen LogP contribution in [0.15, 0.2) is 72.8 Å². The molecule has 0 saturated heterocycles. The summed E-state index contributed by atoms with van der Waals surface area (Å²) in [5, 5.41) is 6.23. The first kappa shape index (κ1) is 25.6. The van der Waals surface area contributed by atoms with E-state index in [1.165, 1.54) is 12.1 Å². The molecule has 0 aromatic heterocycles. The van der Waals surface area contributed by atoms with E-state index in [-0.39, 0.29) is 11.9 Å². The average molecular weight is 498 g/mol. The van der Waals surface area contributed by atoms with E-state index in [0.29, 0.717) is 19.4 Å². The first-order valence-electron chi connectivity index (χ1n) is 11.9. The lowest BCUT2D eigenvalue weighted by atomic mass is 9.95. The highest BCUT2D eigenvalue weighted by Gasteiger charge is 2.30. The molecule has 0 bridgehead atoms. The second kappa shape index (κ2) is 11.0. The van der Waals surface area contributed by atoms with Gasteiger partial charge >= 0.3 is 6.18 Å². The first-order valence-corrected chi connectivity index (χ1v) is 11.9. The number of nitrogens with one attached hydrogen (secondary N) is 2. The average Bonchev–Trinajstić information content (AvgIpc) is 2.88. The van der Waals surface area contributed by atoms with E-state index >= 15 is 0 Å². The lowest BCUT2D eigenvalue weighted by Crippen LogP contribution is -2.38. The van der Waals surface area contributed by atoms with Gasteiger partial charge in [-0.3, -0.25) is 10.1 Å². The summed E-state index contributed by atoms with van der Waals surface area (Å²) in [6.07, 6.45) is -3.27. The normalized spacial score (nSPS) is 15.0. The minimum atomic E-state index is -4.37. The minimum Gasteiger partial charge on any atom is -0.490 e. The number of hydrogen-bond donors (Lipinski definition) is 2. The zero-order valence-electron chi connectivity index (χ0n) is 20.3. The van der Waals surface area contributed by atoms with E-state index in [9.17, 15) is 18.0 Å². The van der Waals surface area contributed by atoms with Crippen molar-refractivity contribution in [1.82, 2.24) is 10.6 Å². The van der Waals surface area contributed by atoms with Crippen molar-refractivity contribution in [1.29, 1.82) is 0 Å². The molecule has 0 radical (unpaired) electrons. The number of benzene rings is 3. The van der Waals surface area contributed by atoms with Gasteiger partial charge in [0.15, 0.2) is 0 Å². The quantitative estimate of drug-likeness (QED) is 0.445. The number of ether oxygens (including phenoxy) is 1. The Morgan fingerprint density at radius 3 is 2.42 bits per heavy atom. The van der Waals surface area contributed by atoms with Crippen LogP contribution in [0.3, 0.4) is 0 Å². The Morgan fingerprint density at radius 1 is 1.03 bits per heavy atom. The molecule has 36 heavy (non-hydrogen) atoms. The number of anilines is 1. The van der Waals surface area contributed by atoms with Crippen LogP contribution in [0.4, 0.5) is 18.9 Å². The third-order valence-electron chi connectivity index (χ3n) is 6.49. The van der Waals surface area contributed by atoms with E-state index in [2.05, 4.69) is 15.5 Å². The van der Waals surface area contributed by atoms with E-state index in [1.54, 1.807) is 7.05 Å². The monoisotopic (exact) mass is 497 g/mol. The lowest BCUT2D eigenvalue weighted by Gasteiger charge is -2.30. The van der Waals surface area contributed by atoms with E-state index in [1.807, 2.05) is 55.6 Å². The second-order valence-corrected chi connectivity index (χ2v) is 8.91. The van der Waals surface area contributed by atoms with Gasteiger partial charge in [-0.1, -0.05) is 48.5 Å². The predicted molar refractivity (Wildman–Crippen MR) is 134 cm³/mol. The molecule has 3 aromatic carbocycles. The Balaban J connectivity index is 1.62. The summed E-state index contributed by atoms with van der Waals surface area (Å²) < 4.78 is 44.8. The number of hydrogen-bond acceptors (Lipinski definition) is 4. The molecular weight excluding hydrogens is 467 g/mol. The molecular formula is C28H30F3N3O2. The van der Waals surface area contributed by atoms with E-state index < -0.39 is 17.8 Å². The highest BCUT2D eigenvalue weighted by atomic mass is 19.4. The topological polar surface area (TPSA) is 53.6 Å². The van der Waals surface area contributed by atoms with Gasteiger partial charge < -0.3 is 15.0 Å². The molecule has 8 heteroatoms. The van der Waals surface area contributed by atoms with Crippen molar-refractivity contribution in [2.75, 3.05) is 32.1 Å². The Hall–Kier alpha value is -3.52. The van der Waals surface area contributed by atoms with Gasteiger partial charge in [-0.15, -0.1) is 0 Å². The molecule has 0 fully saturated rings. The third-order valence-corrected chi connectivity index (χ3v) is 6.49. The zero-order chi connectivity index (χ0) is 25.7. The number of carbonyl (C=O) groups is 1. The number of alkyl halides is 3. The van der Waals surface area contributed by atoms with Crippen LogP contribution in [0.5, 0.6) is 5.75 Å². The van der Waals surface area contributed by atoms with Gasteiger partial charge in [0.25, 0.3) is 0 Å². The fourth-order valence-corrected chi connectivity index (χ4v) is 4.42. The maximum Gasteiger partial charge on any atom is 0.416 e. The van der Waals surface area contributed by atoms with Gasteiger partial charge in [-0.2, -0.15) is 13.2 Å². The van der Waals surface area contributed by atoms with Crippen molar-refractivity contribution in [2.45, 2.75) is 31.1 Å². The number of likely N-dealkylation sites (N-methyl/N-ethyl adjacent to an activating group) is 2. The smallest absolute Gasteiger partial charge is 0.416 e. The number of aryl methyl sites for hydroxylation is 1. The van der Waals surface area contributed by atoms with Crippen LogP contribution in [0, 0.1) is 0 Å². The summed E-state index contributed by atoms with van der Waals surface area (Å²) in [4.78, 5) is 15.0. The maximum absolute atomic E-state index is 13.0. The summed E-state index contributed by atoms with van der Waals surface area (Å²) in [6.45, 7) is 1.39. The van der Waals surface area contributed by atoms with Gasteiger partial charge in [0.2, 0.25) is 5.91 Å². The molecule has 3 aromatic rings. The molecule has 4 rings (SSSR count). The van der Waals surface area contributed by atoms with E-state index in [0.717, 1.165) is 46.8 Å². The minimum absolute atomic E-state index is 0.172. The van der Waals surface area contributed by atoms with Crippen LogP contribution >= 0.6 is 0 Å². The fraction of sp³-hybridized carbons (Fsp3) is 0.321. The molecule has 5 nitrogen and oxygen atoms in total. The van der Waals surface area contributed by atoms with Crippen molar-refractivity contribution in [3.63, 3.8) is 0 Å². The number of rotatable bonds is 8. The molecule has 190 valence electrons. The number of carbonyl (C=O) groups excluding carboxylic acids is 1. The SMILES string of the molecule is CNC(=O)[C@@H](N[C@H](CCc1ccc(C(F)(F)F)cc1)c1ccc2c(c1)OCCN2C)c1ccccc1. The molecule has 1 heterocycles. The Labute approximate surface area is 209 Å². The van der Waals surface area contributed by atoms with Crippen LogP contribution in [0.25, 0.3) is 0 Å². The Morgan fingerprint density at radius 2 is 1.75 bits per heavy atom. The molecule has 0 aliphatic carbocycles. The number of nitrogens with zero attached hydrogens (tertiary/aromatic N) is 1. The number of fused-ring (bicyclic) bond motifs is 1. The molecule has 1 amide bonds. The van der Waals surface area contributed by atoms with Crippen molar-refractivity contribution in [2.24, 2.45) is 0 Å². The summed E-state index contributed by atoms with van der Waals surface area (Å²) in [6, 6.07) is 19.8. The van der Waals surface area contributed by atoms with Crippen LogP contribution in [0.1, 0.15) is 40.8 Å². The Bertz CT molecular complexity index is 1170. The van der Waals surface area contributed by atoms with Crippen LogP contribution in [-0.4, -0.2) is 33.2 Å². The van der Waals surface area contributed by atoms with Gasteiger partial charge in [0.05, 0.1) is 17.8 Å². The predicted octanol–water partition coefficient (Wildman–Crippen LogP) is 5.28. The maximum atomic E-state index is 13.0. The van der Waals surface area contributed by atoms with Crippen LogP contribution < -0.4 is 20.3 Å². The molecule has 0 spiro atoms. The number of amides is 1. The summed E-state index contributed by atoms with van der Waals surface area (Å²) in [5.74, 6) is 0.605. The van der Waals surface area contributed by atoms with Crippen molar-refractivity contribution < 1.29 is 22.7 Å². The largest absolute Gasteiger partial charge is 0.490 e. The van der Waals surface area contributed by atoms with Crippen molar-refractivity contribution >= 4 is 11.6 Å². The summed E-state index contributed by atoms with van der Waals surface area (Å²) >= 11 is 0. The Kier molecular flexibility index (Phi) is 7.84. The molecule has 2 N–H and O–H groups in total. The highest BCUT2D eigenvalue weighted by Crippen LogP contribution is 2.35. The summed E-state index contributed by atoms with van der Waals surface area (Å²) in [7, 11) is 3.61. The lowest BCUT2D eigenvalue weighted by molar-refractivity contribution is -0.137. The standard InChI is InChI=1S/C28H30F3N3O2/c1-32-27(35)26(20-6-4-3-5-7-20)33-23(14-10-19-8-12-22(13-9-19)28(29,30)31)21-11-15-24-25(18-21)36-17-16-34(24)2/h3-9,11-13,15,18,23,26,33H,10,14,16-17H2,1-2H3,(H,32,35)/t23-,26+/m1/s1. The van der Waals surface area contributed by atoms with E-state index in [4.69, 9.17) is 4.74 Å². The van der Waals surface area contributed by atoms with Gasteiger partial charge in [-0.25, -0.2) is 0 Å². The molecule has 1 aliphatic heterocycles. The summed E-state index contributed by atoms with van der Waals surface area (Å²) in [5.41, 5.74) is 2.89. The molecule has 0 unspecified atom stereocenters. The van der Waals surface area contributed by atoms with Gasteiger partial charge in [0.1, 0.15) is 18.4 Å². The first-order chi connectivity index (χ1) is 17.3. The van der Waals surface area contributed by atoms with Crippen LogP contribution in [-0.2, 0) is 17.4 Å². The van der Waals surface area contributed by atoms with Gasteiger partial charge in [0, 0.05) is 20.1 Å². The van der Waals surface area contributed by atoms with Crippen molar-refractivity contribution in [3.8, 4) is 5.75 Å². The number of halogens is 3. The van der Waals surface area contributed by atoms with Gasteiger partial charge in [-0.05, 0) is 53.8 Å². The molecule has 2 atom stereocenters. The second-order valence-electron chi connectivity index (χ2n) is 8.91. The molecule has 1 aliphatic rings. The van der Waals surface area contributed by atoms with Crippen LogP contribution in [0.2, 0.25) is 0 Å². The van der Waals surface area contributed by atoms with Crippen molar-refractivity contribution in [3.05, 3.63) is 95.1 Å². The fourth-order valence-electron chi connectivity index (χ4n) is 4.42. The highest BCUT2D eigenvalue weighted by molar-refractivity contribution is 5.83. The molecule has 0 saturated carbocycles. The third kappa shape index (κ3) is 5.99.